The van der Waals surface area contributed by atoms with Gasteiger partial charge in [0.2, 0.25) is 11.8 Å². The van der Waals surface area contributed by atoms with Crippen LogP contribution in [0.5, 0.6) is 11.5 Å². The van der Waals surface area contributed by atoms with Gasteiger partial charge in [0, 0.05) is 5.69 Å². The van der Waals surface area contributed by atoms with Gasteiger partial charge in [-0.1, -0.05) is 36.4 Å². The smallest absolute Gasteiger partial charge is 0.240 e. The number of primary amides is 1. The maximum absolute atomic E-state index is 14.2. The summed E-state index contributed by atoms with van der Waals surface area (Å²) in [7, 11) is 3.16. The van der Waals surface area contributed by atoms with E-state index >= 15 is 0 Å². The van der Waals surface area contributed by atoms with Crippen molar-refractivity contribution in [2.45, 2.75) is 18.9 Å². The molecular formula is C26H28N4O4. The van der Waals surface area contributed by atoms with Gasteiger partial charge < -0.3 is 21.1 Å². The van der Waals surface area contributed by atoms with E-state index in [1.165, 1.54) is 11.1 Å². The first-order valence-electron chi connectivity index (χ1n) is 10.6. The van der Waals surface area contributed by atoms with Crippen LogP contribution in [0, 0.1) is 0 Å². The van der Waals surface area contributed by atoms with Crippen molar-refractivity contribution in [1.29, 1.82) is 0 Å². The Morgan fingerprint density at radius 2 is 1.44 bits per heavy atom. The third-order valence-electron chi connectivity index (χ3n) is 5.55. The lowest BCUT2D eigenvalue weighted by Crippen LogP contribution is -2.48. The zero-order valence-electron chi connectivity index (χ0n) is 19.3. The van der Waals surface area contributed by atoms with Crippen molar-refractivity contribution in [3.8, 4) is 11.5 Å². The largest absolute Gasteiger partial charge is 0.497 e. The van der Waals surface area contributed by atoms with E-state index in [1.54, 1.807) is 69.7 Å². The minimum atomic E-state index is -0.906. The second kappa shape index (κ2) is 11.0. The second-order valence-electron chi connectivity index (χ2n) is 7.64. The van der Waals surface area contributed by atoms with Crippen molar-refractivity contribution in [3.05, 3.63) is 89.5 Å². The van der Waals surface area contributed by atoms with E-state index in [0.717, 1.165) is 11.1 Å². The molecule has 2 amide bonds. The second-order valence-corrected chi connectivity index (χ2v) is 7.64. The molecule has 0 spiro atoms. The minimum absolute atomic E-state index is 0.316. The van der Waals surface area contributed by atoms with E-state index in [4.69, 9.17) is 21.1 Å². The van der Waals surface area contributed by atoms with Gasteiger partial charge in [-0.3, -0.25) is 14.5 Å². The van der Waals surface area contributed by atoms with Crippen molar-refractivity contribution in [1.82, 2.24) is 0 Å². The summed E-state index contributed by atoms with van der Waals surface area (Å²) < 4.78 is 10.5. The number of hydrogen-bond donors (Lipinski definition) is 2. The summed E-state index contributed by atoms with van der Waals surface area (Å²) in [5.41, 5.74) is 8.30. The number of hydrazone groups is 1. The molecule has 0 saturated heterocycles. The molecule has 3 aromatic carbocycles. The lowest BCUT2D eigenvalue weighted by Gasteiger charge is -2.32. The molecule has 176 valence electrons. The number of ether oxygens (including phenoxy) is 2. The lowest BCUT2D eigenvalue weighted by atomic mass is 9.89. The van der Waals surface area contributed by atoms with Crippen LogP contribution in [-0.2, 0) is 9.59 Å². The van der Waals surface area contributed by atoms with E-state index in [0.29, 0.717) is 22.7 Å². The Balaban J connectivity index is 2.16. The highest BCUT2D eigenvalue weighted by molar-refractivity contribution is 6.05. The summed E-state index contributed by atoms with van der Waals surface area (Å²) in [5, 5.41) is 3.55. The van der Waals surface area contributed by atoms with Gasteiger partial charge in [-0.05, 0) is 60.0 Å². The maximum atomic E-state index is 14.2. The molecule has 0 radical (unpaired) electrons. The lowest BCUT2D eigenvalue weighted by molar-refractivity contribution is -0.124. The molecule has 0 aromatic heterocycles. The summed E-state index contributed by atoms with van der Waals surface area (Å²) in [5.74, 6) is 4.97. The Labute approximate surface area is 198 Å². The number of nitrogens with two attached hydrogens (primary N) is 2. The minimum Gasteiger partial charge on any atom is -0.497 e. The molecule has 8 heteroatoms. The third-order valence-corrected chi connectivity index (χ3v) is 5.55. The number of rotatable bonds is 9. The molecule has 0 saturated carbocycles. The number of anilines is 1. The summed E-state index contributed by atoms with van der Waals surface area (Å²) in [6.45, 7) is 1.60. The molecular weight excluding hydrogens is 432 g/mol. The highest BCUT2D eigenvalue weighted by Crippen LogP contribution is 2.32. The van der Waals surface area contributed by atoms with Crippen molar-refractivity contribution < 1.29 is 19.1 Å². The Bertz CT molecular complexity index is 1110. The average Bonchev–Trinajstić information content (AvgIpc) is 2.85. The van der Waals surface area contributed by atoms with Crippen molar-refractivity contribution in [3.63, 3.8) is 0 Å². The predicted octanol–water partition coefficient (Wildman–Crippen LogP) is 3.04. The van der Waals surface area contributed by atoms with Crippen LogP contribution in [0.1, 0.15) is 29.5 Å². The Morgan fingerprint density at radius 1 is 0.912 bits per heavy atom. The van der Waals surface area contributed by atoms with Gasteiger partial charge in [-0.25, -0.2) is 0 Å². The van der Waals surface area contributed by atoms with Crippen molar-refractivity contribution >= 4 is 23.7 Å². The standard InChI is InChI=1S/C26H28N4O4/c1-17(25(27)31)30(21-6-4-5-18(15-21)16-29-28)26(32)24(19-7-11-22(33-2)12-8-19)20-9-13-23(34-3)14-10-20/h4-17,24H,28H2,1-3H3,(H2,27,31)/t17-/m0/s1. The SMILES string of the molecule is COc1ccc(C(C(=O)N(c2cccc(C=NN)c2)[C@@H](C)C(N)=O)c2ccc(OC)cc2)cc1. The molecule has 8 nitrogen and oxygen atoms in total. The predicted molar refractivity (Wildman–Crippen MR) is 132 cm³/mol. The van der Waals surface area contributed by atoms with Crippen LogP contribution in [-0.4, -0.2) is 38.3 Å². The van der Waals surface area contributed by atoms with E-state index in [-0.39, 0.29) is 5.91 Å². The van der Waals surface area contributed by atoms with E-state index < -0.39 is 17.9 Å². The summed E-state index contributed by atoms with van der Waals surface area (Å²) in [4.78, 5) is 27.8. The molecule has 0 aliphatic rings. The van der Waals surface area contributed by atoms with Gasteiger partial charge >= 0.3 is 0 Å². The van der Waals surface area contributed by atoms with Crippen molar-refractivity contribution in [2.75, 3.05) is 19.1 Å². The number of carbonyl (C=O) groups is 2. The van der Waals surface area contributed by atoms with Gasteiger partial charge in [0.05, 0.1) is 26.4 Å². The van der Waals surface area contributed by atoms with Gasteiger partial charge in [0.25, 0.3) is 0 Å². The fourth-order valence-corrected chi connectivity index (χ4v) is 3.72. The molecule has 0 aliphatic carbocycles. The molecule has 3 rings (SSSR count). The Hall–Kier alpha value is -4.33. The number of carbonyl (C=O) groups excluding carboxylic acids is 2. The Morgan fingerprint density at radius 3 is 1.88 bits per heavy atom. The van der Waals surface area contributed by atoms with Crippen LogP contribution in [0.15, 0.2) is 77.9 Å². The number of nitrogens with zero attached hydrogens (tertiary/aromatic N) is 2. The summed E-state index contributed by atoms with van der Waals surface area (Å²) in [6.07, 6.45) is 1.46. The average molecular weight is 461 g/mol. The quantitative estimate of drug-likeness (QED) is 0.289. The molecule has 3 aromatic rings. The van der Waals surface area contributed by atoms with Gasteiger partial charge in [-0.2, -0.15) is 5.10 Å². The highest BCUT2D eigenvalue weighted by atomic mass is 16.5. The number of amides is 2. The highest BCUT2D eigenvalue weighted by Gasteiger charge is 2.33. The first-order valence-corrected chi connectivity index (χ1v) is 10.6. The Kier molecular flexibility index (Phi) is 7.87. The van der Waals surface area contributed by atoms with Crippen LogP contribution in [0.25, 0.3) is 0 Å². The first-order chi connectivity index (χ1) is 16.4. The first kappa shape index (κ1) is 24.3. The third kappa shape index (κ3) is 5.35. The molecule has 0 fully saturated rings. The van der Waals surface area contributed by atoms with Crippen molar-refractivity contribution in [2.24, 2.45) is 16.7 Å². The van der Waals surface area contributed by atoms with Crippen LogP contribution < -0.4 is 25.9 Å². The fourth-order valence-electron chi connectivity index (χ4n) is 3.72. The monoisotopic (exact) mass is 460 g/mol. The zero-order valence-corrected chi connectivity index (χ0v) is 19.3. The number of benzene rings is 3. The van der Waals surface area contributed by atoms with Crippen LogP contribution >= 0.6 is 0 Å². The van der Waals surface area contributed by atoms with E-state index in [2.05, 4.69) is 5.10 Å². The van der Waals surface area contributed by atoms with Gasteiger partial charge in [0.15, 0.2) is 0 Å². The summed E-state index contributed by atoms with van der Waals surface area (Å²) >= 11 is 0. The summed E-state index contributed by atoms with van der Waals surface area (Å²) in [6, 6.07) is 20.6. The molecule has 1 atom stereocenters. The molecule has 0 unspecified atom stereocenters. The normalized spacial score (nSPS) is 11.9. The van der Waals surface area contributed by atoms with Crippen LogP contribution in [0.2, 0.25) is 0 Å². The van der Waals surface area contributed by atoms with E-state index in [1.807, 2.05) is 24.3 Å². The fraction of sp³-hybridized carbons (Fsp3) is 0.192. The van der Waals surface area contributed by atoms with Crippen LogP contribution in [0.3, 0.4) is 0 Å². The molecule has 0 heterocycles. The molecule has 0 bridgehead atoms. The number of methoxy groups -OCH3 is 2. The topological polar surface area (TPSA) is 120 Å². The zero-order chi connectivity index (χ0) is 24.7. The molecule has 4 N–H and O–H groups in total. The molecule has 34 heavy (non-hydrogen) atoms. The molecule has 0 aliphatic heterocycles. The maximum Gasteiger partial charge on any atom is 0.240 e. The van der Waals surface area contributed by atoms with E-state index in [9.17, 15) is 9.59 Å². The number of hydrogen-bond acceptors (Lipinski definition) is 6. The van der Waals surface area contributed by atoms with Crippen LogP contribution in [0.4, 0.5) is 5.69 Å². The van der Waals surface area contributed by atoms with Gasteiger partial charge in [0.1, 0.15) is 17.5 Å². The van der Waals surface area contributed by atoms with Gasteiger partial charge in [-0.15, -0.1) is 0 Å².